The summed E-state index contributed by atoms with van der Waals surface area (Å²) in [7, 11) is 0. The van der Waals surface area contributed by atoms with Crippen molar-refractivity contribution in [1.82, 2.24) is 0 Å². The molecular formula is C17H23ClO2. The van der Waals surface area contributed by atoms with Crippen molar-refractivity contribution in [1.29, 1.82) is 0 Å². The molecule has 110 valence electrons. The Balaban J connectivity index is 2.05. The van der Waals surface area contributed by atoms with E-state index in [4.69, 9.17) is 16.3 Å². The molecule has 0 radical (unpaired) electrons. The highest BCUT2D eigenvalue weighted by atomic mass is 35.5. The summed E-state index contributed by atoms with van der Waals surface area (Å²) in [5.74, 6) is 1.58. The van der Waals surface area contributed by atoms with E-state index in [1.807, 2.05) is 19.1 Å². The number of rotatable bonds is 5. The minimum absolute atomic E-state index is 0.185. The molecule has 1 saturated carbocycles. The molecule has 0 saturated heterocycles. The first kappa shape index (κ1) is 15.4. The fourth-order valence-corrected chi connectivity index (χ4v) is 3.22. The van der Waals surface area contributed by atoms with Crippen molar-refractivity contribution < 1.29 is 9.53 Å². The van der Waals surface area contributed by atoms with Crippen molar-refractivity contribution in [2.24, 2.45) is 5.92 Å². The van der Waals surface area contributed by atoms with Gasteiger partial charge >= 0.3 is 0 Å². The van der Waals surface area contributed by atoms with Crippen LogP contribution < -0.4 is 4.74 Å². The summed E-state index contributed by atoms with van der Waals surface area (Å²) in [4.78, 5) is 12.1. The molecule has 1 aromatic rings. The van der Waals surface area contributed by atoms with Crippen LogP contribution in [0.25, 0.3) is 0 Å². The second kappa shape index (κ2) is 6.62. The summed E-state index contributed by atoms with van der Waals surface area (Å²) in [6, 6.07) is 3.90. The van der Waals surface area contributed by atoms with E-state index in [9.17, 15) is 4.79 Å². The van der Waals surface area contributed by atoms with Crippen molar-refractivity contribution in [3.63, 3.8) is 0 Å². The average Bonchev–Trinajstić information content (AvgIpc) is 2.90. The molecule has 0 aromatic heterocycles. The molecule has 1 aliphatic rings. The molecule has 0 amide bonds. The lowest BCUT2D eigenvalue weighted by molar-refractivity contribution is -0.124. The lowest BCUT2D eigenvalue weighted by Gasteiger charge is -2.15. The molecule has 3 heteroatoms. The van der Waals surface area contributed by atoms with Crippen molar-refractivity contribution in [2.75, 3.05) is 6.61 Å². The predicted molar refractivity (Wildman–Crippen MR) is 82.7 cm³/mol. The second-order valence-corrected chi connectivity index (χ2v) is 6.44. The van der Waals surface area contributed by atoms with Gasteiger partial charge in [-0.1, -0.05) is 38.3 Å². The highest BCUT2D eigenvalue weighted by molar-refractivity contribution is 6.31. The largest absolute Gasteiger partial charge is 0.486 e. The molecule has 1 aromatic carbocycles. The Hall–Kier alpha value is -1.02. The summed E-state index contributed by atoms with van der Waals surface area (Å²) < 4.78 is 5.75. The van der Waals surface area contributed by atoms with Gasteiger partial charge in [-0.05, 0) is 48.9 Å². The van der Waals surface area contributed by atoms with Gasteiger partial charge in [0.1, 0.15) is 12.4 Å². The number of ketones is 1. The molecule has 0 aliphatic heterocycles. The number of halogens is 1. The maximum absolute atomic E-state index is 12.1. The number of carbonyl (C=O) groups excluding carboxylic acids is 1. The maximum atomic E-state index is 12.1. The van der Waals surface area contributed by atoms with Crippen molar-refractivity contribution in [3.05, 3.63) is 28.3 Å². The van der Waals surface area contributed by atoms with Gasteiger partial charge in [0.05, 0.1) is 0 Å². The Morgan fingerprint density at radius 2 is 2.00 bits per heavy atom. The van der Waals surface area contributed by atoms with E-state index < -0.39 is 0 Å². The van der Waals surface area contributed by atoms with E-state index >= 15 is 0 Å². The van der Waals surface area contributed by atoms with Gasteiger partial charge in [-0.15, -0.1) is 0 Å². The van der Waals surface area contributed by atoms with Gasteiger partial charge in [0.15, 0.2) is 5.78 Å². The Labute approximate surface area is 126 Å². The lowest BCUT2D eigenvalue weighted by atomic mass is 10.0. The number of benzene rings is 1. The van der Waals surface area contributed by atoms with Crippen molar-refractivity contribution >= 4 is 17.4 Å². The summed E-state index contributed by atoms with van der Waals surface area (Å²) in [5.41, 5.74) is 2.05. The fraction of sp³-hybridized carbons (Fsp3) is 0.588. The third-order valence-corrected chi connectivity index (χ3v) is 4.42. The molecule has 1 aliphatic carbocycles. The molecule has 0 atom stereocenters. The highest BCUT2D eigenvalue weighted by Gasteiger charge is 2.23. The third kappa shape index (κ3) is 3.54. The predicted octanol–water partition coefficient (Wildman–Crippen LogP) is 4.91. The minimum atomic E-state index is 0.185. The van der Waals surface area contributed by atoms with Gasteiger partial charge in [0.2, 0.25) is 0 Å². The fourth-order valence-electron chi connectivity index (χ4n) is 2.78. The molecule has 20 heavy (non-hydrogen) atoms. The van der Waals surface area contributed by atoms with Crippen LogP contribution in [0.4, 0.5) is 0 Å². The summed E-state index contributed by atoms with van der Waals surface area (Å²) in [5, 5.41) is 0.770. The van der Waals surface area contributed by atoms with Crippen LogP contribution in [0.3, 0.4) is 0 Å². The van der Waals surface area contributed by atoms with Crippen LogP contribution in [-0.4, -0.2) is 12.4 Å². The van der Waals surface area contributed by atoms with E-state index in [2.05, 4.69) is 13.8 Å². The number of aryl methyl sites for hydroxylation is 1. The minimum Gasteiger partial charge on any atom is -0.486 e. The quantitative estimate of drug-likeness (QED) is 0.771. The van der Waals surface area contributed by atoms with Gasteiger partial charge in [0, 0.05) is 10.9 Å². The van der Waals surface area contributed by atoms with Gasteiger partial charge < -0.3 is 4.74 Å². The Bertz CT molecular complexity index is 488. The average molecular weight is 295 g/mol. The summed E-state index contributed by atoms with van der Waals surface area (Å²) >= 11 is 6.24. The van der Waals surface area contributed by atoms with Crippen LogP contribution in [-0.2, 0) is 4.79 Å². The summed E-state index contributed by atoms with van der Waals surface area (Å²) in [6.07, 6.45) is 4.40. The molecule has 1 fully saturated rings. The highest BCUT2D eigenvalue weighted by Crippen LogP contribution is 2.32. The van der Waals surface area contributed by atoms with E-state index in [0.29, 0.717) is 5.92 Å². The van der Waals surface area contributed by atoms with Crippen molar-refractivity contribution in [2.45, 2.75) is 52.4 Å². The third-order valence-electron chi connectivity index (χ3n) is 4.10. The first-order valence-corrected chi connectivity index (χ1v) is 7.82. The van der Waals surface area contributed by atoms with E-state index in [1.54, 1.807) is 0 Å². The van der Waals surface area contributed by atoms with Gasteiger partial charge in [-0.2, -0.15) is 0 Å². The molecular weight excluding hydrogens is 272 g/mol. The Kier molecular flexibility index (Phi) is 5.09. The number of carbonyl (C=O) groups is 1. The van der Waals surface area contributed by atoms with E-state index in [0.717, 1.165) is 34.7 Å². The van der Waals surface area contributed by atoms with Crippen LogP contribution >= 0.6 is 11.6 Å². The standard InChI is InChI=1S/C17H23ClO2/c1-11(2)14-9-17(12(3)8-15(14)18)20-10-16(19)13-6-4-5-7-13/h8-9,11,13H,4-7,10H2,1-3H3. The molecule has 2 nitrogen and oxygen atoms in total. The molecule has 0 N–H and O–H groups in total. The van der Waals surface area contributed by atoms with Crippen LogP contribution in [0.15, 0.2) is 12.1 Å². The van der Waals surface area contributed by atoms with Gasteiger partial charge in [-0.3, -0.25) is 4.79 Å². The van der Waals surface area contributed by atoms with Crippen LogP contribution in [0, 0.1) is 12.8 Å². The smallest absolute Gasteiger partial charge is 0.173 e. The Morgan fingerprint density at radius 1 is 1.35 bits per heavy atom. The van der Waals surface area contributed by atoms with E-state index in [1.165, 1.54) is 12.8 Å². The van der Waals surface area contributed by atoms with Crippen LogP contribution in [0.5, 0.6) is 5.75 Å². The van der Waals surface area contributed by atoms with Gasteiger partial charge in [-0.25, -0.2) is 0 Å². The number of hydrogen-bond acceptors (Lipinski definition) is 2. The monoisotopic (exact) mass is 294 g/mol. The zero-order valence-corrected chi connectivity index (χ0v) is 13.3. The number of ether oxygens (including phenoxy) is 1. The SMILES string of the molecule is Cc1cc(Cl)c(C(C)C)cc1OCC(=O)C1CCCC1. The topological polar surface area (TPSA) is 26.3 Å². The first-order valence-electron chi connectivity index (χ1n) is 7.44. The van der Waals surface area contributed by atoms with Gasteiger partial charge in [0.25, 0.3) is 0 Å². The maximum Gasteiger partial charge on any atom is 0.173 e. The zero-order chi connectivity index (χ0) is 14.7. The van der Waals surface area contributed by atoms with Crippen molar-refractivity contribution in [3.8, 4) is 5.75 Å². The Morgan fingerprint density at radius 3 is 2.60 bits per heavy atom. The number of Topliss-reactive ketones (excluding diaryl/α,β-unsaturated/α-hetero) is 1. The number of hydrogen-bond donors (Lipinski definition) is 0. The second-order valence-electron chi connectivity index (χ2n) is 6.03. The normalized spacial score (nSPS) is 15.8. The molecule has 2 rings (SSSR count). The molecule has 0 heterocycles. The zero-order valence-electron chi connectivity index (χ0n) is 12.5. The molecule has 0 spiro atoms. The molecule has 0 unspecified atom stereocenters. The molecule has 0 bridgehead atoms. The van der Waals surface area contributed by atoms with Crippen LogP contribution in [0.1, 0.15) is 56.6 Å². The van der Waals surface area contributed by atoms with Crippen LogP contribution in [0.2, 0.25) is 5.02 Å². The van der Waals surface area contributed by atoms with E-state index in [-0.39, 0.29) is 18.3 Å². The lowest BCUT2D eigenvalue weighted by Crippen LogP contribution is -2.19. The summed E-state index contributed by atoms with van der Waals surface area (Å²) in [6.45, 7) is 6.35. The first-order chi connectivity index (χ1) is 9.49.